The maximum atomic E-state index is 6.35. The lowest BCUT2D eigenvalue weighted by atomic mass is 10.1. The Bertz CT molecular complexity index is 979. The van der Waals surface area contributed by atoms with Crippen molar-refractivity contribution < 1.29 is 0 Å². The van der Waals surface area contributed by atoms with E-state index < -0.39 is 0 Å². The van der Waals surface area contributed by atoms with Gasteiger partial charge in [0.15, 0.2) is 5.82 Å². The number of para-hydroxylation sites is 2. The first-order chi connectivity index (χ1) is 14.5. The minimum Gasteiger partial charge on any atom is -0.366 e. The van der Waals surface area contributed by atoms with Crippen molar-refractivity contribution in [2.75, 3.05) is 25.0 Å². The second-order valence-corrected chi connectivity index (χ2v) is 7.83. The van der Waals surface area contributed by atoms with Crippen LogP contribution in [0.5, 0.6) is 0 Å². The third-order valence-corrected chi connectivity index (χ3v) is 5.54. The van der Waals surface area contributed by atoms with Crippen molar-refractivity contribution in [3.8, 4) is 11.4 Å². The largest absolute Gasteiger partial charge is 0.366 e. The van der Waals surface area contributed by atoms with Crippen molar-refractivity contribution in [3.05, 3.63) is 48.1 Å². The van der Waals surface area contributed by atoms with E-state index in [2.05, 4.69) is 42.7 Å². The molecule has 0 saturated carbocycles. The summed E-state index contributed by atoms with van der Waals surface area (Å²) in [6, 6.07) is 9.98. The molecule has 0 aliphatic rings. The molecule has 0 aliphatic carbocycles. The minimum absolute atomic E-state index is 0.264. The normalized spacial score (nSPS) is 12.4. The fraction of sp³-hybridized carbons (Fsp3) is 0.435. The molecule has 7 heteroatoms. The Balaban J connectivity index is 1.86. The summed E-state index contributed by atoms with van der Waals surface area (Å²) in [5, 5.41) is 8.74. The Morgan fingerprint density at radius 2 is 1.90 bits per heavy atom. The number of nitrogens with zero attached hydrogens (tertiary/aromatic N) is 5. The number of aromatic nitrogens is 4. The number of anilines is 1. The Morgan fingerprint density at radius 1 is 1.20 bits per heavy atom. The molecule has 160 valence electrons. The molecular formula is C23H31ClN6. The summed E-state index contributed by atoms with van der Waals surface area (Å²) in [7, 11) is 0. The molecule has 6 nitrogen and oxygen atoms in total. The van der Waals surface area contributed by atoms with Gasteiger partial charge in [-0.3, -0.25) is 0 Å². The predicted molar refractivity (Wildman–Crippen MR) is 126 cm³/mol. The van der Waals surface area contributed by atoms with Gasteiger partial charge in [-0.1, -0.05) is 43.7 Å². The van der Waals surface area contributed by atoms with Crippen LogP contribution in [-0.2, 0) is 6.54 Å². The van der Waals surface area contributed by atoms with Gasteiger partial charge in [-0.2, -0.15) is 5.10 Å². The van der Waals surface area contributed by atoms with Crippen molar-refractivity contribution in [2.45, 2.75) is 46.2 Å². The molecule has 0 aliphatic heterocycles. The average molecular weight is 427 g/mol. The van der Waals surface area contributed by atoms with Gasteiger partial charge in [0.05, 0.1) is 17.6 Å². The first-order valence-electron chi connectivity index (χ1n) is 10.7. The van der Waals surface area contributed by atoms with Crippen LogP contribution in [0.4, 0.5) is 5.82 Å². The van der Waals surface area contributed by atoms with E-state index in [0.717, 1.165) is 49.3 Å². The maximum Gasteiger partial charge on any atom is 0.155 e. The highest BCUT2D eigenvalue weighted by atomic mass is 35.5. The summed E-state index contributed by atoms with van der Waals surface area (Å²) >= 11 is 6.35. The van der Waals surface area contributed by atoms with E-state index >= 15 is 0 Å². The zero-order valence-corrected chi connectivity index (χ0v) is 18.9. The molecule has 0 bridgehead atoms. The van der Waals surface area contributed by atoms with E-state index in [-0.39, 0.29) is 6.04 Å². The Labute approximate surface area is 184 Å². The molecule has 3 aromatic rings. The van der Waals surface area contributed by atoms with E-state index in [4.69, 9.17) is 21.6 Å². The zero-order chi connectivity index (χ0) is 21.5. The Kier molecular flexibility index (Phi) is 7.82. The molecular weight excluding hydrogens is 396 g/mol. The van der Waals surface area contributed by atoms with Crippen molar-refractivity contribution in [1.82, 2.24) is 24.6 Å². The molecule has 0 saturated heterocycles. The van der Waals surface area contributed by atoms with E-state index in [0.29, 0.717) is 23.1 Å². The van der Waals surface area contributed by atoms with Crippen molar-refractivity contribution in [2.24, 2.45) is 0 Å². The number of fused-ring (bicyclic) bond motifs is 1. The topological polar surface area (TPSA) is 58.9 Å². The number of hydrogen-bond donors (Lipinski definition) is 1. The predicted octanol–water partition coefficient (Wildman–Crippen LogP) is 5.26. The van der Waals surface area contributed by atoms with Crippen LogP contribution in [0.25, 0.3) is 22.4 Å². The number of hydrogen-bond acceptors (Lipinski definition) is 5. The highest BCUT2D eigenvalue weighted by Gasteiger charge is 2.17. The lowest BCUT2D eigenvalue weighted by molar-refractivity contribution is 0.295. The lowest BCUT2D eigenvalue weighted by Crippen LogP contribution is -2.26. The van der Waals surface area contributed by atoms with Crippen molar-refractivity contribution >= 4 is 28.5 Å². The fourth-order valence-corrected chi connectivity index (χ4v) is 3.72. The summed E-state index contributed by atoms with van der Waals surface area (Å²) in [5.41, 5.74) is 3.12. The number of allylic oxidation sites excluding steroid dienone is 1. The molecule has 0 fully saturated rings. The monoisotopic (exact) mass is 426 g/mol. The highest BCUT2D eigenvalue weighted by molar-refractivity contribution is 6.29. The van der Waals surface area contributed by atoms with Gasteiger partial charge in [-0.05, 0) is 51.5 Å². The van der Waals surface area contributed by atoms with Crippen molar-refractivity contribution in [1.29, 1.82) is 0 Å². The van der Waals surface area contributed by atoms with Gasteiger partial charge in [0, 0.05) is 12.1 Å². The molecule has 0 radical (unpaired) electrons. The molecule has 1 N–H and O–H groups in total. The number of nitrogens with one attached hydrogen (secondary N) is 1. The number of benzene rings is 1. The van der Waals surface area contributed by atoms with Crippen LogP contribution < -0.4 is 5.32 Å². The van der Waals surface area contributed by atoms with E-state index in [1.165, 1.54) is 0 Å². The molecule has 2 aromatic heterocycles. The molecule has 1 atom stereocenters. The smallest absolute Gasteiger partial charge is 0.155 e. The third-order valence-electron chi connectivity index (χ3n) is 5.24. The minimum atomic E-state index is 0.264. The Morgan fingerprint density at radius 3 is 2.57 bits per heavy atom. The van der Waals surface area contributed by atoms with E-state index in [9.17, 15) is 0 Å². The van der Waals surface area contributed by atoms with Crippen LogP contribution in [0.2, 0.25) is 5.15 Å². The molecule has 1 aromatic carbocycles. The first kappa shape index (κ1) is 22.2. The number of halogens is 1. The lowest BCUT2D eigenvalue weighted by Gasteiger charge is -2.20. The SMILES string of the molecule is C=CCn1nc(-c2nc3ccccc3nc2NC(C)CCCN(CC)CC)cc1Cl. The van der Waals surface area contributed by atoms with Gasteiger partial charge in [0.2, 0.25) is 0 Å². The molecule has 3 rings (SSSR count). The van der Waals surface area contributed by atoms with Crippen LogP contribution in [0.1, 0.15) is 33.6 Å². The summed E-state index contributed by atoms with van der Waals surface area (Å²) in [6.07, 6.45) is 3.95. The maximum absolute atomic E-state index is 6.35. The van der Waals surface area contributed by atoms with Gasteiger partial charge in [0.25, 0.3) is 0 Å². The summed E-state index contributed by atoms with van der Waals surface area (Å²) in [4.78, 5) is 12.2. The molecule has 0 spiro atoms. The van der Waals surface area contributed by atoms with Gasteiger partial charge < -0.3 is 10.2 Å². The second kappa shape index (κ2) is 10.5. The zero-order valence-electron chi connectivity index (χ0n) is 18.1. The molecule has 2 heterocycles. The summed E-state index contributed by atoms with van der Waals surface area (Å²) in [6.45, 7) is 14.2. The summed E-state index contributed by atoms with van der Waals surface area (Å²) in [5.74, 6) is 0.740. The molecule has 1 unspecified atom stereocenters. The first-order valence-corrected chi connectivity index (χ1v) is 11.0. The second-order valence-electron chi connectivity index (χ2n) is 7.45. The van der Waals surface area contributed by atoms with Crippen LogP contribution in [0, 0.1) is 0 Å². The van der Waals surface area contributed by atoms with Gasteiger partial charge in [-0.25, -0.2) is 14.6 Å². The quantitative estimate of drug-likeness (QED) is 0.424. The fourth-order valence-electron chi connectivity index (χ4n) is 3.51. The van der Waals surface area contributed by atoms with E-state index in [1.807, 2.05) is 30.3 Å². The molecule has 0 amide bonds. The van der Waals surface area contributed by atoms with Crippen LogP contribution in [0.3, 0.4) is 0 Å². The van der Waals surface area contributed by atoms with Crippen molar-refractivity contribution in [3.63, 3.8) is 0 Å². The third kappa shape index (κ3) is 5.37. The van der Waals surface area contributed by atoms with E-state index in [1.54, 1.807) is 10.8 Å². The van der Waals surface area contributed by atoms with Gasteiger partial charge >= 0.3 is 0 Å². The van der Waals surface area contributed by atoms with Crippen LogP contribution in [-0.4, -0.2) is 50.3 Å². The summed E-state index contributed by atoms with van der Waals surface area (Å²) < 4.78 is 1.71. The van der Waals surface area contributed by atoms with Gasteiger partial charge in [0.1, 0.15) is 16.5 Å². The average Bonchev–Trinajstić information content (AvgIpc) is 3.11. The van der Waals surface area contributed by atoms with Crippen LogP contribution >= 0.6 is 11.6 Å². The number of rotatable bonds is 11. The highest BCUT2D eigenvalue weighted by Crippen LogP contribution is 2.29. The Hall–Kier alpha value is -2.44. The standard InChI is InChI=1S/C23H31ClN6/c1-5-14-30-21(24)16-20(28-30)22-23(27-19-13-9-8-12-18(19)26-22)25-17(4)11-10-15-29(6-2)7-3/h5,8-9,12-13,16-17H,1,6-7,10-11,14-15H2,2-4H3,(H,25,27). The molecule has 30 heavy (non-hydrogen) atoms. The van der Waals surface area contributed by atoms with Gasteiger partial charge in [-0.15, -0.1) is 6.58 Å². The van der Waals surface area contributed by atoms with Crippen LogP contribution in [0.15, 0.2) is 43.0 Å².